The third-order valence-electron chi connectivity index (χ3n) is 2.11. The van der Waals surface area contributed by atoms with Crippen LogP contribution in [-0.2, 0) is 10.0 Å². The van der Waals surface area contributed by atoms with Gasteiger partial charge in [0.05, 0.1) is 10.2 Å². The highest BCUT2D eigenvalue weighted by atomic mass is 32.2. The first-order chi connectivity index (χ1) is 6.19. The number of thiocarbonyl (C=S) groups is 1. The first-order valence-electron chi connectivity index (χ1n) is 4.44. The van der Waals surface area contributed by atoms with E-state index in [1.165, 1.54) is 4.31 Å². The Hall–Kier alpha value is -0.200. The molecular weight excluding hydrogens is 220 g/mol. The maximum Gasteiger partial charge on any atom is 0.216 e. The van der Waals surface area contributed by atoms with E-state index in [9.17, 15) is 8.42 Å². The van der Waals surface area contributed by atoms with Crippen LogP contribution in [0.3, 0.4) is 0 Å². The van der Waals surface area contributed by atoms with Gasteiger partial charge in [-0.3, -0.25) is 0 Å². The van der Waals surface area contributed by atoms with Crippen LogP contribution in [0, 0.1) is 0 Å². The molecule has 0 spiro atoms. The highest BCUT2D eigenvalue weighted by molar-refractivity contribution is 7.89. The molecule has 0 aliphatic carbocycles. The maximum atomic E-state index is 11.7. The fraction of sp³-hybridized carbons (Fsp3) is 0.875. The lowest BCUT2D eigenvalue weighted by Gasteiger charge is -2.25. The molecule has 1 unspecified atom stereocenters. The van der Waals surface area contributed by atoms with Crippen molar-refractivity contribution in [1.29, 1.82) is 0 Å². The van der Waals surface area contributed by atoms with E-state index in [0.29, 0.717) is 11.4 Å². The van der Waals surface area contributed by atoms with Crippen molar-refractivity contribution in [1.82, 2.24) is 4.31 Å². The zero-order valence-electron chi connectivity index (χ0n) is 9.02. The van der Waals surface area contributed by atoms with Crippen LogP contribution in [0.15, 0.2) is 0 Å². The van der Waals surface area contributed by atoms with E-state index < -0.39 is 15.3 Å². The van der Waals surface area contributed by atoms with Crippen molar-refractivity contribution in [2.24, 2.45) is 5.73 Å². The molecule has 4 nitrogen and oxygen atoms in total. The largest absolute Gasteiger partial charge is 0.393 e. The third kappa shape index (κ3) is 3.51. The minimum atomic E-state index is -3.20. The van der Waals surface area contributed by atoms with Gasteiger partial charge in [0.1, 0.15) is 0 Å². The van der Waals surface area contributed by atoms with Crippen LogP contribution in [0.5, 0.6) is 0 Å². The van der Waals surface area contributed by atoms with Crippen molar-refractivity contribution >= 4 is 27.2 Å². The lowest BCUT2D eigenvalue weighted by molar-refractivity contribution is 0.392. The summed E-state index contributed by atoms with van der Waals surface area (Å²) in [6.07, 6.45) is 0.414. The smallest absolute Gasteiger partial charge is 0.216 e. The van der Waals surface area contributed by atoms with E-state index in [1.54, 1.807) is 27.8 Å². The predicted molar refractivity (Wildman–Crippen MR) is 62.7 cm³/mol. The minimum Gasteiger partial charge on any atom is -0.393 e. The molecule has 0 bridgehead atoms. The Balaban J connectivity index is 4.62. The molecule has 84 valence electrons. The lowest BCUT2D eigenvalue weighted by Crippen LogP contribution is -2.40. The van der Waals surface area contributed by atoms with Gasteiger partial charge in [0.15, 0.2) is 0 Å². The quantitative estimate of drug-likeness (QED) is 0.717. The van der Waals surface area contributed by atoms with Gasteiger partial charge in [0.25, 0.3) is 0 Å². The third-order valence-corrected chi connectivity index (χ3v) is 4.64. The average Bonchev–Trinajstić information content (AvgIpc) is 2.01. The Morgan fingerprint density at radius 1 is 1.43 bits per heavy atom. The number of rotatable bonds is 5. The molecule has 0 saturated carbocycles. The molecule has 0 fully saturated rings. The van der Waals surface area contributed by atoms with Crippen molar-refractivity contribution in [3.63, 3.8) is 0 Å². The molecule has 14 heavy (non-hydrogen) atoms. The summed E-state index contributed by atoms with van der Waals surface area (Å²) in [5.41, 5.74) is 5.36. The van der Waals surface area contributed by atoms with Crippen LogP contribution in [0.1, 0.15) is 27.2 Å². The number of sulfonamides is 1. The molecule has 0 aromatic rings. The molecule has 0 aliphatic rings. The second-order valence-electron chi connectivity index (χ2n) is 3.63. The van der Waals surface area contributed by atoms with E-state index in [0.717, 1.165) is 0 Å². The summed E-state index contributed by atoms with van der Waals surface area (Å²) >= 11 is 4.74. The number of nitrogens with zero attached hydrogens (tertiary/aromatic N) is 1. The number of nitrogens with two attached hydrogens (primary N) is 1. The molecule has 0 aromatic heterocycles. The first-order valence-corrected chi connectivity index (χ1v) is 6.36. The Bertz CT molecular complexity index is 298. The Morgan fingerprint density at radius 2 is 1.86 bits per heavy atom. The van der Waals surface area contributed by atoms with E-state index in [1.807, 2.05) is 0 Å². The molecule has 0 heterocycles. The van der Waals surface area contributed by atoms with Crippen LogP contribution >= 0.6 is 12.2 Å². The van der Waals surface area contributed by atoms with Gasteiger partial charge in [0.2, 0.25) is 10.0 Å². The zero-order valence-corrected chi connectivity index (χ0v) is 10.7. The SMILES string of the molecule is CC(CC(N)=S)N(C)S(=O)(=O)C(C)C. The van der Waals surface area contributed by atoms with Crippen molar-refractivity contribution in [2.45, 2.75) is 38.5 Å². The molecule has 6 heteroatoms. The van der Waals surface area contributed by atoms with Crippen LogP contribution in [0.2, 0.25) is 0 Å². The van der Waals surface area contributed by atoms with Gasteiger partial charge in [0, 0.05) is 19.5 Å². The summed E-state index contributed by atoms with van der Waals surface area (Å²) in [6, 6.07) is -0.181. The van der Waals surface area contributed by atoms with Gasteiger partial charge < -0.3 is 5.73 Å². The highest BCUT2D eigenvalue weighted by Crippen LogP contribution is 2.12. The maximum absolute atomic E-state index is 11.7. The molecule has 0 rings (SSSR count). The molecule has 0 aliphatic heterocycles. The normalized spacial score (nSPS) is 14.7. The fourth-order valence-electron chi connectivity index (χ4n) is 1.00. The lowest BCUT2D eigenvalue weighted by atomic mass is 10.2. The molecule has 0 aromatic carbocycles. The minimum absolute atomic E-state index is 0.181. The topological polar surface area (TPSA) is 63.4 Å². The summed E-state index contributed by atoms with van der Waals surface area (Å²) in [5.74, 6) is 0. The molecule has 0 amide bonds. The summed E-state index contributed by atoms with van der Waals surface area (Å²) in [5, 5.41) is -0.415. The van der Waals surface area contributed by atoms with E-state index >= 15 is 0 Å². The van der Waals surface area contributed by atoms with E-state index in [-0.39, 0.29) is 6.04 Å². The Morgan fingerprint density at radius 3 is 2.14 bits per heavy atom. The number of hydrogen-bond donors (Lipinski definition) is 1. The van der Waals surface area contributed by atoms with E-state index in [4.69, 9.17) is 18.0 Å². The molecule has 2 N–H and O–H groups in total. The first kappa shape index (κ1) is 13.8. The predicted octanol–water partition coefficient (Wildman–Crippen LogP) is 0.721. The molecular formula is C8H18N2O2S2. The highest BCUT2D eigenvalue weighted by Gasteiger charge is 2.26. The summed E-state index contributed by atoms with van der Waals surface area (Å²) < 4.78 is 24.7. The van der Waals surface area contributed by atoms with Crippen molar-refractivity contribution < 1.29 is 8.42 Å². The van der Waals surface area contributed by atoms with Gasteiger partial charge >= 0.3 is 0 Å². The Labute approximate surface area is 91.5 Å². The van der Waals surface area contributed by atoms with Crippen molar-refractivity contribution in [3.8, 4) is 0 Å². The van der Waals surface area contributed by atoms with Crippen molar-refractivity contribution in [3.05, 3.63) is 0 Å². The van der Waals surface area contributed by atoms with E-state index in [2.05, 4.69) is 0 Å². The van der Waals surface area contributed by atoms with Crippen LogP contribution in [-0.4, -0.2) is 36.1 Å². The second kappa shape index (κ2) is 5.04. The van der Waals surface area contributed by atoms with Gasteiger partial charge in [-0.15, -0.1) is 0 Å². The van der Waals surface area contributed by atoms with Crippen LogP contribution in [0.4, 0.5) is 0 Å². The summed E-state index contributed by atoms with van der Waals surface area (Å²) in [4.78, 5) is 0.336. The van der Waals surface area contributed by atoms with Gasteiger partial charge in [-0.2, -0.15) is 0 Å². The monoisotopic (exact) mass is 238 g/mol. The Kier molecular flexibility index (Phi) is 4.97. The van der Waals surface area contributed by atoms with Gasteiger partial charge in [-0.1, -0.05) is 12.2 Å². The van der Waals surface area contributed by atoms with Gasteiger partial charge in [-0.05, 0) is 20.8 Å². The molecule has 0 radical (unpaired) electrons. The average molecular weight is 238 g/mol. The standard InChI is InChI=1S/C8H18N2O2S2/c1-6(2)14(11,12)10(4)7(3)5-8(9)13/h6-7H,5H2,1-4H3,(H2,9,13). The molecule has 0 saturated heterocycles. The van der Waals surface area contributed by atoms with Crippen molar-refractivity contribution in [2.75, 3.05) is 7.05 Å². The fourth-order valence-corrected chi connectivity index (χ4v) is 2.49. The molecule has 1 atom stereocenters. The van der Waals surface area contributed by atoms with Gasteiger partial charge in [-0.25, -0.2) is 12.7 Å². The second-order valence-corrected chi connectivity index (χ2v) is 6.70. The van der Waals surface area contributed by atoms with Crippen LogP contribution < -0.4 is 5.73 Å². The summed E-state index contributed by atoms with van der Waals surface area (Å²) in [7, 11) is -1.65. The number of hydrogen-bond acceptors (Lipinski definition) is 3. The van der Waals surface area contributed by atoms with Crippen LogP contribution in [0.25, 0.3) is 0 Å². The summed E-state index contributed by atoms with van der Waals surface area (Å²) in [6.45, 7) is 5.09. The zero-order chi connectivity index (χ0) is 11.5.